The van der Waals surface area contributed by atoms with Gasteiger partial charge in [-0.2, -0.15) is 0 Å². The Bertz CT molecular complexity index is 285. The zero-order chi connectivity index (χ0) is 10.6. The minimum Gasteiger partial charge on any atom is -0.370 e. The number of thiazole rings is 1. The summed E-state index contributed by atoms with van der Waals surface area (Å²) in [6, 6.07) is 0. The molecule has 0 radical (unpaired) electrons. The summed E-state index contributed by atoms with van der Waals surface area (Å²) in [5.41, 5.74) is 2.44. The maximum atomic E-state index is 5.72. The molecule has 0 aliphatic heterocycles. The van der Waals surface area contributed by atoms with Crippen LogP contribution in [0.15, 0.2) is 6.20 Å². The first-order valence-corrected chi connectivity index (χ1v) is 5.44. The summed E-state index contributed by atoms with van der Waals surface area (Å²) in [6.07, 6.45) is 2.78. The molecule has 0 atom stereocenters. The van der Waals surface area contributed by atoms with Crippen LogP contribution in [-0.2, 0) is 11.3 Å². The molecule has 0 amide bonds. The lowest BCUT2D eigenvalue weighted by atomic mass is 10.1. The minimum atomic E-state index is -0.0692. The van der Waals surface area contributed by atoms with Gasteiger partial charge in [0.05, 0.1) is 17.1 Å². The van der Waals surface area contributed by atoms with Crippen LogP contribution in [0.25, 0.3) is 0 Å². The summed E-state index contributed by atoms with van der Waals surface area (Å²) in [7, 11) is 0. The second-order valence-electron chi connectivity index (χ2n) is 3.68. The van der Waals surface area contributed by atoms with E-state index in [2.05, 4.69) is 31.2 Å². The number of nitrogens with two attached hydrogens (primary N) is 1. The van der Waals surface area contributed by atoms with Gasteiger partial charge in [-0.15, -0.1) is 0 Å². The van der Waals surface area contributed by atoms with Crippen molar-refractivity contribution >= 4 is 16.5 Å². The van der Waals surface area contributed by atoms with Crippen LogP contribution < -0.4 is 11.3 Å². The molecular weight excluding hydrogens is 198 g/mol. The number of nitrogen functional groups attached to an aromatic ring is 1. The van der Waals surface area contributed by atoms with Gasteiger partial charge in [-0.05, 0) is 20.3 Å². The van der Waals surface area contributed by atoms with Crippen LogP contribution in [0.5, 0.6) is 0 Å². The number of hydrazine groups is 1. The molecule has 0 saturated heterocycles. The lowest BCUT2D eigenvalue weighted by Gasteiger charge is -2.22. The molecule has 1 heterocycles. The number of hydrogen-bond acceptors (Lipinski definition) is 5. The van der Waals surface area contributed by atoms with Crippen molar-refractivity contribution < 1.29 is 4.74 Å². The molecular formula is C9H17N3OS. The Morgan fingerprint density at radius 3 is 2.86 bits per heavy atom. The number of hydrogen-bond donors (Lipinski definition) is 2. The summed E-state index contributed by atoms with van der Waals surface area (Å²) >= 11 is 1.51. The van der Waals surface area contributed by atoms with Crippen molar-refractivity contribution in [3.63, 3.8) is 0 Å². The molecule has 1 aromatic heterocycles. The van der Waals surface area contributed by atoms with Crippen molar-refractivity contribution in [2.24, 2.45) is 5.84 Å². The summed E-state index contributed by atoms with van der Waals surface area (Å²) in [5.74, 6) is 5.23. The third kappa shape index (κ3) is 3.25. The second kappa shape index (κ2) is 4.72. The highest BCUT2D eigenvalue weighted by Crippen LogP contribution is 2.21. The molecule has 0 aliphatic rings. The number of anilines is 1. The Labute approximate surface area is 88.5 Å². The monoisotopic (exact) mass is 215 g/mol. The van der Waals surface area contributed by atoms with Gasteiger partial charge >= 0.3 is 0 Å². The van der Waals surface area contributed by atoms with E-state index >= 15 is 0 Å². The van der Waals surface area contributed by atoms with Crippen LogP contribution >= 0.6 is 11.3 Å². The summed E-state index contributed by atoms with van der Waals surface area (Å²) < 4.78 is 5.72. The third-order valence-corrected chi connectivity index (χ3v) is 3.04. The van der Waals surface area contributed by atoms with Crippen molar-refractivity contribution in [3.8, 4) is 0 Å². The Hall–Kier alpha value is -0.650. The van der Waals surface area contributed by atoms with E-state index in [1.807, 2.05) is 0 Å². The highest BCUT2D eigenvalue weighted by Gasteiger charge is 2.15. The number of nitrogens with zero attached hydrogens (tertiary/aromatic N) is 1. The largest absolute Gasteiger partial charge is 0.370 e. The maximum Gasteiger partial charge on any atom is 0.197 e. The van der Waals surface area contributed by atoms with Gasteiger partial charge in [0.25, 0.3) is 0 Å². The van der Waals surface area contributed by atoms with Crippen LogP contribution in [0.2, 0.25) is 0 Å². The smallest absolute Gasteiger partial charge is 0.197 e. The van der Waals surface area contributed by atoms with Gasteiger partial charge in [-0.25, -0.2) is 10.8 Å². The fourth-order valence-electron chi connectivity index (χ4n) is 0.810. The van der Waals surface area contributed by atoms with Crippen LogP contribution in [-0.4, -0.2) is 10.6 Å². The molecule has 0 fully saturated rings. The minimum absolute atomic E-state index is 0.0692. The molecule has 1 rings (SSSR count). The Morgan fingerprint density at radius 1 is 1.64 bits per heavy atom. The van der Waals surface area contributed by atoms with Crippen molar-refractivity contribution in [1.82, 2.24) is 4.98 Å². The zero-order valence-corrected chi connectivity index (χ0v) is 9.65. The second-order valence-corrected chi connectivity index (χ2v) is 4.79. The molecule has 1 aromatic rings. The van der Waals surface area contributed by atoms with E-state index in [9.17, 15) is 0 Å². The Balaban J connectivity index is 2.45. The van der Waals surface area contributed by atoms with E-state index in [1.165, 1.54) is 11.3 Å². The van der Waals surface area contributed by atoms with Gasteiger partial charge in [0.1, 0.15) is 0 Å². The van der Waals surface area contributed by atoms with Crippen LogP contribution in [0.1, 0.15) is 32.1 Å². The number of rotatable bonds is 5. The van der Waals surface area contributed by atoms with E-state index in [0.29, 0.717) is 6.61 Å². The Morgan fingerprint density at radius 2 is 2.36 bits per heavy atom. The van der Waals surface area contributed by atoms with E-state index in [4.69, 9.17) is 10.6 Å². The lowest BCUT2D eigenvalue weighted by Crippen LogP contribution is -2.22. The van der Waals surface area contributed by atoms with Gasteiger partial charge in [-0.1, -0.05) is 18.3 Å². The van der Waals surface area contributed by atoms with E-state index in [1.54, 1.807) is 6.20 Å². The fourth-order valence-corrected chi connectivity index (χ4v) is 1.45. The number of nitrogens with one attached hydrogen (secondary N) is 1. The zero-order valence-electron chi connectivity index (χ0n) is 8.83. The van der Waals surface area contributed by atoms with Gasteiger partial charge in [0.2, 0.25) is 0 Å². The first kappa shape index (κ1) is 11.4. The van der Waals surface area contributed by atoms with Crippen LogP contribution in [0, 0.1) is 0 Å². The average molecular weight is 215 g/mol. The van der Waals surface area contributed by atoms with E-state index in [0.717, 1.165) is 16.4 Å². The standard InChI is InChI=1S/C9H17N3OS/c1-4-9(2,3)13-6-7-5-11-8(12-10)14-7/h5H,4,6,10H2,1-3H3,(H,11,12). The highest BCUT2D eigenvalue weighted by molar-refractivity contribution is 7.15. The van der Waals surface area contributed by atoms with Crippen LogP contribution in [0.3, 0.4) is 0 Å². The molecule has 0 aliphatic carbocycles. The molecule has 0 bridgehead atoms. The number of aromatic nitrogens is 1. The highest BCUT2D eigenvalue weighted by atomic mass is 32.1. The maximum absolute atomic E-state index is 5.72. The molecule has 4 nitrogen and oxygen atoms in total. The van der Waals surface area contributed by atoms with Crippen molar-refractivity contribution in [2.45, 2.75) is 39.4 Å². The molecule has 3 N–H and O–H groups in total. The quantitative estimate of drug-likeness (QED) is 0.583. The fraction of sp³-hybridized carbons (Fsp3) is 0.667. The molecule has 0 unspecified atom stereocenters. The van der Waals surface area contributed by atoms with Gasteiger partial charge in [0.15, 0.2) is 5.13 Å². The molecule has 14 heavy (non-hydrogen) atoms. The molecule has 80 valence electrons. The molecule has 0 spiro atoms. The predicted molar refractivity (Wildman–Crippen MR) is 59.1 cm³/mol. The SMILES string of the molecule is CCC(C)(C)OCc1cnc(NN)s1. The van der Waals surface area contributed by atoms with Gasteiger partial charge in [-0.3, -0.25) is 5.43 Å². The normalized spacial score (nSPS) is 11.7. The molecule has 0 aromatic carbocycles. The molecule has 5 heteroatoms. The van der Waals surface area contributed by atoms with Gasteiger partial charge in [0, 0.05) is 6.20 Å². The summed E-state index contributed by atoms with van der Waals surface area (Å²) in [4.78, 5) is 5.15. The first-order valence-electron chi connectivity index (χ1n) is 4.62. The lowest BCUT2D eigenvalue weighted by molar-refractivity contribution is -0.0304. The van der Waals surface area contributed by atoms with Crippen molar-refractivity contribution in [2.75, 3.05) is 5.43 Å². The predicted octanol–water partition coefficient (Wildman–Crippen LogP) is 2.13. The first-order chi connectivity index (χ1) is 6.57. The van der Waals surface area contributed by atoms with Gasteiger partial charge < -0.3 is 4.74 Å². The number of ether oxygens (including phenoxy) is 1. The average Bonchev–Trinajstić information content (AvgIpc) is 2.63. The van der Waals surface area contributed by atoms with Crippen LogP contribution in [0.4, 0.5) is 5.13 Å². The van der Waals surface area contributed by atoms with Crippen molar-refractivity contribution in [3.05, 3.63) is 11.1 Å². The molecule has 0 saturated carbocycles. The summed E-state index contributed by atoms with van der Waals surface area (Å²) in [5, 5.41) is 0.720. The van der Waals surface area contributed by atoms with Crippen molar-refractivity contribution in [1.29, 1.82) is 0 Å². The summed E-state index contributed by atoms with van der Waals surface area (Å²) in [6.45, 7) is 6.87. The third-order valence-electron chi connectivity index (χ3n) is 2.13. The van der Waals surface area contributed by atoms with E-state index < -0.39 is 0 Å². The topological polar surface area (TPSA) is 60.2 Å². The Kier molecular flexibility index (Phi) is 3.86. The van der Waals surface area contributed by atoms with E-state index in [-0.39, 0.29) is 5.60 Å².